The summed E-state index contributed by atoms with van der Waals surface area (Å²) in [5.74, 6) is 0. The van der Waals surface area contributed by atoms with Gasteiger partial charge in [0.1, 0.15) is 0 Å². The largest absolute Gasteiger partial charge is 2.00 e. The summed E-state index contributed by atoms with van der Waals surface area (Å²) in [6.45, 7) is 0. The van der Waals surface area contributed by atoms with E-state index in [1.165, 1.54) is 0 Å². The Balaban J connectivity index is 0. The molecule has 0 spiro atoms. The molecule has 0 atom stereocenters. The Labute approximate surface area is 59.5 Å². The van der Waals surface area contributed by atoms with Crippen LogP contribution in [0, 0.1) is 0 Å². The van der Waals surface area contributed by atoms with Crippen molar-refractivity contribution in [2.45, 2.75) is 0 Å². The van der Waals surface area contributed by atoms with Gasteiger partial charge in [0.15, 0.2) is 0 Å². The van der Waals surface area contributed by atoms with Gasteiger partial charge in [-0.15, -0.1) is 0 Å². The summed E-state index contributed by atoms with van der Waals surface area (Å²) in [4.78, 5) is 0. The molecule has 0 unspecified atom stereocenters. The fourth-order valence-corrected chi connectivity index (χ4v) is 0. The first-order chi connectivity index (χ1) is 0. The van der Waals surface area contributed by atoms with E-state index < -0.39 is 0 Å². The summed E-state index contributed by atoms with van der Waals surface area (Å²) in [5, 5.41) is 0. The molecule has 0 amide bonds. The molecule has 0 aliphatic heterocycles. The van der Waals surface area contributed by atoms with E-state index in [1.54, 1.807) is 0 Å². The van der Waals surface area contributed by atoms with Gasteiger partial charge in [-0.25, -0.2) is 0 Å². The first-order valence-corrected chi connectivity index (χ1v) is 0. The van der Waals surface area contributed by atoms with Gasteiger partial charge in [-0.3, -0.25) is 0 Å². The zero-order chi connectivity index (χ0) is 0. The maximum Gasteiger partial charge on any atom is 2.00 e. The molecule has 0 aliphatic carbocycles. The molecule has 0 heterocycles. The average molecular weight is 287 g/mol. The van der Waals surface area contributed by atoms with E-state index in [0.29, 0.717) is 0 Å². The Bertz CT molecular complexity index is 3.25. The normalized spacial score (nSPS) is 0. The van der Waals surface area contributed by atoms with E-state index in [0.717, 1.165) is 0 Å². The van der Waals surface area contributed by atoms with Crippen molar-refractivity contribution < 1.29 is 59.6 Å². The summed E-state index contributed by atoms with van der Waals surface area (Å²) in [6.07, 6.45) is 0. The zero-order valence-corrected chi connectivity index (χ0v) is 7.06. The van der Waals surface area contributed by atoms with Crippen LogP contribution in [0.2, 0.25) is 0 Å². The fourth-order valence-electron chi connectivity index (χ4n) is 0. The predicted molar refractivity (Wildman–Crippen MR) is 0 cm³/mol. The van der Waals surface area contributed by atoms with E-state index >= 15 is 0 Å². The molecule has 0 fully saturated rings. The molecular formula is Cl3Ta-. The zero-order valence-electron chi connectivity index (χ0n) is 1.58. The minimum absolute atomic E-state index is 0. The van der Waals surface area contributed by atoms with Gasteiger partial charge in [0.2, 0.25) is 0 Å². The summed E-state index contributed by atoms with van der Waals surface area (Å²) in [6, 6.07) is 0. The fraction of sp³-hybridized carbons (Fsp3) is 0. The molecule has 0 bridgehead atoms. The Morgan fingerprint density at radius 3 is 0.500 bits per heavy atom. The van der Waals surface area contributed by atoms with E-state index in [2.05, 4.69) is 0 Å². The average Bonchev–Trinajstić information content (AvgIpc) is 0. The van der Waals surface area contributed by atoms with Crippen LogP contribution in [0.3, 0.4) is 0 Å². The molecule has 27 valence electrons. The van der Waals surface area contributed by atoms with E-state index in [-0.39, 0.29) is 59.6 Å². The second kappa shape index (κ2) is 23.2. The van der Waals surface area contributed by atoms with Gasteiger partial charge in [0, 0.05) is 0 Å². The van der Waals surface area contributed by atoms with Crippen LogP contribution < -0.4 is 37.2 Å². The molecule has 4 heteroatoms. The van der Waals surface area contributed by atoms with Crippen molar-refractivity contribution in [3.05, 3.63) is 0 Å². The standard InChI is InChI=1S/3ClH.Ta/h3*1H;/q;;;+2/p-3. The summed E-state index contributed by atoms with van der Waals surface area (Å²) in [7, 11) is 0. The van der Waals surface area contributed by atoms with Crippen molar-refractivity contribution in [2.75, 3.05) is 0 Å². The van der Waals surface area contributed by atoms with Gasteiger partial charge in [0.25, 0.3) is 0 Å². The maximum absolute atomic E-state index is 0. The number of hydrogen-bond acceptors (Lipinski definition) is 0. The minimum Gasteiger partial charge on any atom is -1.00 e. The topological polar surface area (TPSA) is 0 Å². The molecule has 4 heavy (non-hydrogen) atoms. The van der Waals surface area contributed by atoms with Crippen molar-refractivity contribution in [3.8, 4) is 0 Å². The van der Waals surface area contributed by atoms with Gasteiger partial charge in [-0.1, -0.05) is 0 Å². The third-order valence-corrected chi connectivity index (χ3v) is 0. The van der Waals surface area contributed by atoms with Gasteiger partial charge >= 0.3 is 22.4 Å². The first-order valence-electron chi connectivity index (χ1n) is 0. The van der Waals surface area contributed by atoms with Gasteiger partial charge in [-0.05, 0) is 0 Å². The molecule has 0 aromatic heterocycles. The quantitative estimate of drug-likeness (QED) is 0.415. The molecule has 0 aromatic carbocycles. The van der Waals surface area contributed by atoms with Gasteiger partial charge in [-0.2, -0.15) is 0 Å². The molecule has 0 saturated heterocycles. The van der Waals surface area contributed by atoms with Gasteiger partial charge in [0.05, 0.1) is 0 Å². The SMILES string of the molecule is [Cl-].[Cl-].[Cl-].[Ta+2]. The van der Waals surface area contributed by atoms with Crippen LogP contribution in [-0.2, 0) is 22.4 Å². The number of hydrogen-bond donors (Lipinski definition) is 0. The Morgan fingerprint density at radius 2 is 0.500 bits per heavy atom. The van der Waals surface area contributed by atoms with Crippen LogP contribution in [0.25, 0.3) is 0 Å². The summed E-state index contributed by atoms with van der Waals surface area (Å²) < 4.78 is 0. The van der Waals surface area contributed by atoms with Crippen molar-refractivity contribution in [3.63, 3.8) is 0 Å². The van der Waals surface area contributed by atoms with E-state index in [9.17, 15) is 0 Å². The second-order valence-corrected chi connectivity index (χ2v) is 0. The molecule has 0 aromatic rings. The third-order valence-electron chi connectivity index (χ3n) is 0. The molecule has 0 nitrogen and oxygen atoms in total. The van der Waals surface area contributed by atoms with Crippen LogP contribution in [0.1, 0.15) is 0 Å². The molecule has 0 rings (SSSR count). The summed E-state index contributed by atoms with van der Waals surface area (Å²) in [5.41, 5.74) is 0. The van der Waals surface area contributed by atoms with Crippen LogP contribution in [0.5, 0.6) is 0 Å². The van der Waals surface area contributed by atoms with E-state index in [4.69, 9.17) is 0 Å². The van der Waals surface area contributed by atoms with Crippen molar-refractivity contribution >= 4 is 0 Å². The number of rotatable bonds is 0. The molecular weight excluding hydrogens is 287 g/mol. The van der Waals surface area contributed by atoms with Crippen molar-refractivity contribution in [2.24, 2.45) is 0 Å². The first kappa shape index (κ1) is 46.0. The maximum atomic E-state index is 0. The Hall–Kier alpha value is 1.61. The van der Waals surface area contributed by atoms with Crippen molar-refractivity contribution in [1.29, 1.82) is 0 Å². The Kier molecular flexibility index (Phi) is 266. The van der Waals surface area contributed by atoms with Crippen LogP contribution >= 0.6 is 0 Å². The summed E-state index contributed by atoms with van der Waals surface area (Å²) >= 11 is 0. The van der Waals surface area contributed by atoms with Crippen LogP contribution in [-0.4, -0.2) is 0 Å². The molecule has 0 saturated carbocycles. The van der Waals surface area contributed by atoms with Crippen molar-refractivity contribution in [1.82, 2.24) is 0 Å². The molecule has 1 radical (unpaired) electrons. The monoisotopic (exact) mass is 286 g/mol. The molecule has 0 N–H and O–H groups in total. The minimum atomic E-state index is 0. The second-order valence-electron chi connectivity index (χ2n) is 0. The number of halogens is 3. The van der Waals surface area contributed by atoms with Crippen LogP contribution in [0.15, 0.2) is 0 Å². The molecule has 0 aliphatic rings. The Morgan fingerprint density at radius 1 is 0.500 bits per heavy atom. The van der Waals surface area contributed by atoms with Gasteiger partial charge < -0.3 is 37.2 Å². The predicted octanol–water partition coefficient (Wildman–Crippen LogP) is -8.99. The van der Waals surface area contributed by atoms with E-state index in [1.807, 2.05) is 0 Å². The smallest absolute Gasteiger partial charge is 1.00 e. The van der Waals surface area contributed by atoms with Crippen LogP contribution in [0.4, 0.5) is 0 Å². The third kappa shape index (κ3) is 9.49.